The van der Waals surface area contributed by atoms with Crippen molar-refractivity contribution in [2.24, 2.45) is 0 Å². The van der Waals surface area contributed by atoms with Gasteiger partial charge in [0, 0.05) is 11.2 Å². The van der Waals surface area contributed by atoms with Gasteiger partial charge in [0.2, 0.25) is 5.91 Å². The van der Waals surface area contributed by atoms with Gasteiger partial charge in [-0.25, -0.2) is 4.39 Å². The largest absolute Gasteiger partial charge is 0.376 e. The Bertz CT molecular complexity index is 475. The highest BCUT2D eigenvalue weighted by Gasteiger charge is 2.17. The van der Waals surface area contributed by atoms with Gasteiger partial charge in [-0.3, -0.25) is 4.79 Å². The van der Waals surface area contributed by atoms with Crippen LogP contribution in [0.5, 0.6) is 0 Å². The molecular formula is C14H20BrFN2O. The van der Waals surface area contributed by atoms with Crippen LogP contribution in [-0.2, 0) is 4.79 Å². The number of hydrogen-bond acceptors (Lipinski definition) is 2. The number of hydrogen-bond donors (Lipinski definition) is 2. The number of carbonyl (C=O) groups is 1. The summed E-state index contributed by atoms with van der Waals surface area (Å²) in [6, 6.07) is 3.07. The van der Waals surface area contributed by atoms with E-state index in [0.717, 1.165) is 17.7 Å². The zero-order valence-electron chi connectivity index (χ0n) is 11.7. The SMILES string of the molecule is CCC(C)(C)NC(=O)CNc1cc(Br)c(F)cc1C. The lowest BCUT2D eigenvalue weighted by Gasteiger charge is -2.24. The van der Waals surface area contributed by atoms with Crippen molar-refractivity contribution in [3.8, 4) is 0 Å². The second-order valence-electron chi connectivity index (χ2n) is 5.22. The average Bonchev–Trinajstić information content (AvgIpc) is 2.31. The molecule has 0 saturated heterocycles. The topological polar surface area (TPSA) is 41.1 Å². The van der Waals surface area contributed by atoms with Crippen molar-refractivity contribution in [1.29, 1.82) is 0 Å². The summed E-state index contributed by atoms with van der Waals surface area (Å²) in [7, 11) is 0. The third-order valence-electron chi connectivity index (χ3n) is 3.07. The summed E-state index contributed by atoms with van der Waals surface area (Å²) in [5.74, 6) is -0.383. The van der Waals surface area contributed by atoms with Crippen LogP contribution in [0.25, 0.3) is 0 Å². The molecular weight excluding hydrogens is 311 g/mol. The molecule has 1 rings (SSSR count). The van der Waals surface area contributed by atoms with E-state index in [2.05, 4.69) is 26.6 Å². The highest BCUT2D eigenvalue weighted by molar-refractivity contribution is 9.10. The summed E-state index contributed by atoms with van der Waals surface area (Å²) < 4.78 is 13.7. The molecule has 0 aliphatic heterocycles. The van der Waals surface area contributed by atoms with Crippen LogP contribution in [0.3, 0.4) is 0 Å². The smallest absolute Gasteiger partial charge is 0.239 e. The molecule has 2 N–H and O–H groups in total. The standard InChI is InChI=1S/C14H20BrFN2O/c1-5-14(3,4)18-13(19)8-17-12-7-10(15)11(16)6-9(12)2/h6-7,17H,5,8H2,1-4H3,(H,18,19). The maximum absolute atomic E-state index is 13.3. The summed E-state index contributed by atoms with van der Waals surface area (Å²) in [6.45, 7) is 7.94. The Morgan fingerprint density at radius 1 is 1.42 bits per heavy atom. The lowest BCUT2D eigenvalue weighted by Crippen LogP contribution is -2.45. The zero-order valence-corrected chi connectivity index (χ0v) is 13.3. The fourth-order valence-electron chi connectivity index (χ4n) is 1.52. The Kier molecular flexibility index (Phi) is 5.35. The molecule has 0 radical (unpaired) electrons. The monoisotopic (exact) mass is 330 g/mol. The van der Waals surface area contributed by atoms with Gasteiger partial charge in [-0.1, -0.05) is 6.92 Å². The molecule has 19 heavy (non-hydrogen) atoms. The Labute approximate surface area is 122 Å². The first kappa shape index (κ1) is 16.0. The fourth-order valence-corrected chi connectivity index (χ4v) is 1.87. The lowest BCUT2D eigenvalue weighted by molar-refractivity contribution is -0.121. The van der Waals surface area contributed by atoms with Crippen molar-refractivity contribution in [3.05, 3.63) is 28.0 Å². The third-order valence-corrected chi connectivity index (χ3v) is 3.68. The summed E-state index contributed by atoms with van der Waals surface area (Å²) in [5.41, 5.74) is 1.30. The first-order chi connectivity index (χ1) is 8.75. The average molecular weight is 331 g/mol. The zero-order chi connectivity index (χ0) is 14.6. The normalized spacial score (nSPS) is 11.3. The van der Waals surface area contributed by atoms with Gasteiger partial charge in [-0.15, -0.1) is 0 Å². The number of aryl methyl sites for hydroxylation is 1. The Balaban J connectivity index is 2.63. The Morgan fingerprint density at radius 2 is 2.05 bits per heavy atom. The molecule has 1 aromatic rings. The van der Waals surface area contributed by atoms with Crippen LogP contribution in [0.2, 0.25) is 0 Å². The summed E-state index contributed by atoms with van der Waals surface area (Å²) in [5, 5.41) is 5.95. The van der Waals surface area contributed by atoms with E-state index in [1.54, 1.807) is 13.0 Å². The van der Waals surface area contributed by atoms with E-state index in [-0.39, 0.29) is 23.8 Å². The maximum atomic E-state index is 13.3. The van der Waals surface area contributed by atoms with Crippen LogP contribution in [0.15, 0.2) is 16.6 Å². The van der Waals surface area contributed by atoms with E-state index in [1.165, 1.54) is 6.07 Å². The van der Waals surface area contributed by atoms with E-state index in [4.69, 9.17) is 0 Å². The summed E-state index contributed by atoms with van der Waals surface area (Å²) in [4.78, 5) is 11.8. The van der Waals surface area contributed by atoms with Gasteiger partial charge < -0.3 is 10.6 Å². The molecule has 0 fully saturated rings. The lowest BCUT2D eigenvalue weighted by atomic mass is 10.0. The highest BCUT2D eigenvalue weighted by Crippen LogP contribution is 2.24. The molecule has 3 nitrogen and oxygen atoms in total. The number of benzene rings is 1. The molecule has 0 saturated carbocycles. The van der Waals surface area contributed by atoms with Crippen LogP contribution in [-0.4, -0.2) is 18.0 Å². The Hall–Kier alpha value is -1.10. The van der Waals surface area contributed by atoms with Gasteiger partial charge in [0.25, 0.3) is 0 Å². The first-order valence-electron chi connectivity index (χ1n) is 6.25. The molecule has 0 unspecified atom stereocenters. The molecule has 0 aliphatic rings. The minimum atomic E-state index is -0.306. The van der Waals surface area contributed by atoms with E-state index < -0.39 is 0 Å². The number of carbonyl (C=O) groups excluding carboxylic acids is 1. The van der Waals surface area contributed by atoms with Gasteiger partial charge in [0.05, 0.1) is 11.0 Å². The minimum absolute atomic E-state index is 0.0771. The molecule has 1 aromatic carbocycles. The molecule has 0 bridgehead atoms. The highest BCUT2D eigenvalue weighted by atomic mass is 79.9. The second-order valence-corrected chi connectivity index (χ2v) is 6.07. The van der Waals surface area contributed by atoms with Gasteiger partial charge in [-0.05, 0) is 60.8 Å². The van der Waals surface area contributed by atoms with Crippen LogP contribution in [0.4, 0.5) is 10.1 Å². The molecule has 0 aliphatic carbocycles. The number of halogens is 2. The van der Waals surface area contributed by atoms with E-state index in [9.17, 15) is 9.18 Å². The van der Waals surface area contributed by atoms with Gasteiger partial charge in [0.1, 0.15) is 5.82 Å². The van der Waals surface area contributed by atoms with Crippen molar-refractivity contribution >= 4 is 27.5 Å². The van der Waals surface area contributed by atoms with Crippen molar-refractivity contribution < 1.29 is 9.18 Å². The van der Waals surface area contributed by atoms with Crippen LogP contribution < -0.4 is 10.6 Å². The van der Waals surface area contributed by atoms with Gasteiger partial charge in [-0.2, -0.15) is 0 Å². The van der Waals surface area contributed by atoms with Crippen LogP contribution in [0, 0.1) is 12.7 Å². The Morgan fingerprint density at radius 3 is 2.63 bits per heavy atom. The molecule has 1 amide bonds. The molecule has 0 aromatic heterocycles. The fraction of sp³-hybridized carbons (Fsp3) is 0.500. The van der Waals surface area contributed by atoms with Crippen LogP contribution >= 0.6 is 15.9 Å². The van der Waals surface area contributed by atoms with E-state index in [1.807, 2.05) is 20.8 Å². The predicted octanol–water partition coefficient (Wildman–Crippen LogP) is 3.61. The molecule has 5 heteroatoms. The minimum Gasteiger partial charge on any atom is -0.376 e. The van der Waals surface area contributed by atoms with E-state index >= 15 is 0 Å². The number of nitrogens with one attached hydrogen (secondary N) is 2. The van der Waals surface area contributed by atoms with Gasteiger partial charge >= 0.3 is 0 Å². The number of rotatable bonds is 5. The third kappa shape index (κ3) is 4.82. The maximum Gasteiger partial charge on any atom is 0.239 e. The quantitative estimate of drug-likeness (QED) is 0.865. The van der Waals surface area contributed by atoms with Gasteiger partial charge in [0.15, 0.2) is 0 Å². The first-order valence-corrected chi connectivity index (χ1v) is 7.05. The van der Waals surface area contributed by atoms with Crippen molar-refractivity contribution in [2.45, 2.75) is 39.7 Å². The van der Waals surface area contributed by atoms with Crippen molar-refractivity contribution in [2.75, 3.05) is 11.9 Å². The molecule has 0 atom stereocenters. The van der Waals surface area contributed by atoms with Crippen molar-refractivity contribution in [3.63, 3.8) is 0 Å². The summed E-state index contributed by atoms with van der Waals surface area (Å²) >= 11 is 3.13. The van der Waals surface area contributed by atoms with Crippen LogP contribution in [0.1, 0.15) is 32.8 Å². The molecule has 106 valence electrons. The number of anilines is 1. The predicted molar refractivity (Wildman–Crippen MR) is 79.8 cm³/mol. The van der Waals surface area contributed by atoms with E-state index in [0.29, 0.717) is 4.47 Å². The number of amides is 1. The molecule has 0 heterocycles. The summed E-state index contributed by atoms with van der Waals surface area (Å²) in [6.07, 6.45) is 0.861. The van der Waals surface area contributed by atoms with Crippen molar-refractivity contribution in [1.82, 2.24) is 5.32 Å². The molecule has 0 spiro atoms. The second kappa shape index (κ2) is 6.37.